The molecule has 1 aromatic rings. The summed E-state index contributed by atoms with van der Waals surface area (Å²) in [5, 5.41) is 9.64. The van der Waals surface area contributed by atoms with Crippen LogP contribution in [0.5, 0.6) is 0 Å². The molecule has 0 bridgehead atoms. The molecule has 1 saturated heterocycles. The fraction of sp³-hybridized carbons (Fsp3) is 0.273. The van der Waals surface area contributed by atoms with E-state index in [1.807, 2.05) is 4.98 Å². The SMILES string of the molecule is C=C[C@@]1(F)[C@H](O)C(=C)O[C@H]1n1ccc(=O)[nH]c1=O. The molecule has 96 valence electrons. The second-order valence-corrected chi connectivity index (χ2v) is 3.89. The number of halogens is 1. The summed E-state index contributed by atoms with van der Waals surface area (Å²) in [6.07, 6.45) is -1.16. The molecular formula is C11H11FN2O4. The normalized spacial score (nSPS) is 31.1. The summed E-state index contributed by atoms with van der Waals surface area (Å²) < 4.78 is 20.4. The van der Waals surface area contributed by atoms with E-state index in [1.54, 1.807) is 0 Å². The molecule has 0 amide bonds. The molecule has 2 heterocycles. The van der Waals surface area contributed by atoms with Crippen molar-refractivity contribution < 1.29 is 14.2 Å². The number of hydrogen-bond donors (Lipinski definition) is 2. The van der Waals surface area contributed by atoms with Crippen molar-refractivity contribution >= 4 is 0 Å². The Morgan fingerprint density at radius 2 is 2.28 bits per heavy atom. The van der Waals surface area contributed by atoms with Crippen LogP contribution in [0.1, 0.15) is 6.23 Å². The molecule has 18 heavy (non-hydrogen) atoms. The monoisotopic (exact) mass is 254 g/mol. The van der Waals surface area contributed by atoms with Gasteiger partial charge in [-0.15, -0.1) is 0 Å². The van der Waals surface area contributed by atoms with E-state index in [4.69, 9.17) is 4.74 Å². The molecule has 7 heteroatoms. The highest BCUT2D eigenvalue weighted by Gasteiger charge is 2.54. The second kappa shape index (κ2) is 3.95. The van der Waals surface area contributed by atoms with Gasteiger partial charge in [-0.3, -0.25) is 14.3 Å². The second-order valence-electron chi connectivity index (χ2n) is 3.89. The first-order valence-electron chi connectivity index (χ1n) is 5.07. The van der Waals surface area contributed by atoms with Crippen LogP contribution in [0.4, 0.5) is 4.39 Å². The van der Waals surface area contributed by atoms with E-state index >= 15 is 0 Å². The predicted octanol–water partition coefficient (Wildman–Crippen LogP) is -0.166. The number of aromatic nitrogens is 2. The molecular weight excluding hydrogens is 243 g/mol. The Labute approximate surface area is 101 Å². The number of alkyl halides is 1. The van der Waals surface area contributed by atoms with Crippen LogP contribution in [-0.2, 0) is 4.74 Å². The van der Waals surface area contributed by atoms with Crippen LogP contribution >= 0.6 is 0 Å². The summed E-state index contributed by atoms with van der Waals surface area (Å²) in [6, 6.07) is 1.04. The van der Waals surface area contributed by atoms with E-state index in [0.717, 1.165) is 22.9 Å². The van der Waals surface area contributed by atoms with Crippen molar-refractivity contribution in [2.75, 3.05) is 0 Å². The highest BCUT2D eigenvalue weighted by molar-refractivity contribution is 5.20. The Balaban J connectivity index is 2.57. The average molecular weight is 254 g/mol. The maximum absolute atomic E-state index is 14.5. The van der Waals surface area contributed by atoms with Crippen molar-refractivity contribution in [3.05, 3.63) is 58.1 Å². The highest BCUT2D eigenvalue weighted by atomic mass is 19.1. The van der Waals surface area contributed by atoms with Gasteiger partial charge in [0.2, 0.25) is 11.9 Å². The van der Waals surface area contributed by atoms with Crippen LogP contribution in [0.3, 0.4) is 0 Å². The molecule has 1 fully saturated rings. The lowest BCUT2D eigenvalue weighted by atomic mass is 9.98. The van der Waals surface area contributed by atoms with Crippen LogP contribution in [-0.4, -0.2) is 26.4 Å². The van der Waals surface area contributed by atoms with Crippen molar-refractivity contribution in [1.82, 2.24) is 9.55 Å². The van der Waals surface area contributed by atoms with E-state index in [-0.39, 0.29) is 5.76 Å². The molecule has 1 aromatic heterocycles. The first-order chi connectivity index (χ1) is 8.40. The van der Waals surface area contributed by atoms with Gasteiger partial charge >= 0.3 is 5.69 Å². The smallest absolute Gasteiger partial charge is 0.331 e. The molecule has 6 nitrogen and oxygen atoms in total. The first-order valence-corrected chi connectivity index (χ1v) is 5.07. The lowest BCUT2D eigenvalue weighted by Crippen LogP contribution is -2.43. The van der Waals surface area contributed by atoms with Crippen LogP contribution in [0, 0.1) is 0 Å². The van der Waals surface area contributed by atoms with Gasteiger partial charge in [0.1, 0.15) is 5.76 Å². The van der Waals surface area contributed by atoms with Gasteiger partial charge in [-0.1, -0.05) is 13.2 Å². The van der Waals surface area contributed by atoms with E-state index in [9.17, 15) is 19.1 Å². The fourth-order valence-electron chi connectivity index (χ4n) is 1.77. The van der Waals surface area contributed by atoms with E-state index in [2.05, 4.69) is 13.2 Å². The molecule has 0 unspecified atom stereocenters. The van der Waals surface area contributed by atoms with E-state index < -0.39 is 29.2 Å². The maximum atomic E-state index is 14.5. The molecule has 0 radical (unpaired) electrons. The topological polar surface area (TPSA) is 84.3 Å². The Morgan fingerprint density at radius 1 is 1.61 bits per heavy atom. The molecule has 1 aliphatic heterocycles. The third-order valence-corrected chi connectivity index (χ3v) is 2.78. The lowest BCUT2D eigenvalue weighted by Gasteiger charge is -2.24. The van der Waals surface area contributed by atoms with Crippen molar-refractivity contribution in [1.29, 1.82) is 0 Å². The summed E-state index contributed by atoms with van der Waals surface area (Å²) in [4.78, 5) is 24.5. The third kappa shape index (κ3) is 1.60. The molecule has 0 saturated carbocycles. The lowest BCUT2D eigenvalue weighted by molar-refractivity contribution is -0.0151. The zero-order chi connectivity index (χ0) is 13.5. The summed E-state index contributed by atoms with van der Waals surface area (Å²) in [5.74, 6) is -0.208. The fourth-order valence-corrected chi connectivity index (χ4v) is 1.77. The quantitative estimate of drug-likeness (QED) is 0.718. The minimum absolute atomic E-state index is 0.208. The number of rotatable bonds is 2. The number of aliphatic hydroxyl groups excluding tert-OH is 1. The summed E-state index contributed by atoms with van der Waals surface area (Å²) >= 11 is 0. The van der Waals surface area contributed by atoms with Crippen molar-refractivity contribution in [2.45, 2.75) is 18.0 Å². The van der Waals surface area contributed by atoms with Crippen molar-refractivity contribution in [2.24, 2.45) is 0 Å². The first kappa shape index (κ1) is 12.3. The molecule has 2 N–H and O–H groups in total. The highest BCUT2D eigenvalue weighted by Crippen LogP contribution is 2.42. The van der Waals surface area contributed by atoms with Gasteiger partial charge in [0.25, 0.3) is 5.56 Å². The molecule has 1 aliphatic rings. The van der Waals surface area contributed by atoms with Crippen molar-refractivity contribution in [3.63, 3.8) is 0 Å². The molecule has 0 aromatic carbocycles. The number of H-pyrrole nitrogens is 1. The third-order valence-electron chi connectivity index (χ3n) is 2.78. The molecule has 0 spiro atoms. The van der Waals surface area contributed by atoms with Crippen LogP contribution in [0.2, 0.25) is 0 Å². The predicted molar refractivity (Wildman–Crippen MR) is 60.6 cm³/mol. The van der Waals surface area contributed by atoms with Gasteiger partial charge in [0, 0.05) is 12.3 Å². The van der Waals surface area contributed by atoms with Crippen LogP contribution < -0.4 is 11.2 Å². The van der Waals surface area contributed by atoms with Gasteiger partial charge in [0.15, 0.2) is 6.10 Å². The largest absolute Gasteiger partial charge is 0.468 e. The number of aromatic amines is 1. The van der Waals surface area contributed by atoms with Crippen LogP contribution in [0.25, 0.3) is 0 Å². The van der Waals surface area contributed by atoms with E-state index in [1.165, 1.54) is 0 Å². The standard InChI is InChI=1S/C11H11FN2O4/c1-3-11(12)8(16)6(2)18-9(11)14-5-4-7(15)13-10(14)17/h3-5,8-9,16H,1-2H2,(H,13,15,17)/t8-,9-,11-/m1/s1. The number of ether oxygens (including phenoxy) is 1. The maximum Gasteiger partial charge on any atom is 0.331 e. The Bertz CT molecular complexity index is 620. The summed E-state index contributed by atoms with van der Waals surface area (Å²) in [6.45, 7) is 6.63. The minimum atomic E-state index is -2.39. The van der Waals surface area contributed by atoms with Gasteiger partial charge in [-0.2, -0.15) is 0 Å². The van der Waals surface area contributed by atoms with Crippen LogP contribution in [0.15, 0.2) is 46.8 Å². The van der Waals surface area contributed by atoms with Crippen molar-refractivity contribution in [3.8, 4) is 0 Å². The van der Waals surface area contributed by atoms with Gasteiger partial charge in [-0.05, 0) is 6.08 Å². The number of nitrogens with one attached hydrogen (secondary N) is 1. The summed E-state index contributed by atoms with van der Waals surface area (Å²) in [5.41, 5.74) is -3.85. The number of hydrogen-bond acceptors (Lipinski definition) is 4. The average Bonchev–Trinajstić information content (AvgIpc) is 2.55. The summed E-state index contributed by atoms with van der Waals surface area (Å²) in [7, 11) is 0. The van der Waals surface area contributed by atoms with Gasteiger partial charge < -0.3 is 9.84 Å². The molecule has 0 aliphatic carbocycles. The number of nitrogens with zero attached hydrogens (tertiary/aromatic N) is 1. The zero-order valence-corrected chi connectivity index (χ0v) is 9.30. The number of aliphatic hydroxyl groups is 1. The van der Waals surface area contributed by atoms with Gasteiger partial charge in [-0.25, -0.2) is 9.18 Å². The Morgan fingerprint density at radius 3 is 2.83 bits per heavy atom. The Kier molecular flexibility index (Phi) is 2.70. The molecule has 3 atom stereocenters. The van der Waals surface area contributed by atoms with E-state index in [0.29, 0.717) is 0 Å². The zero-order valence-electron chi connectivity index (χ0n) is 9.30. The minimum Gasteiger partial charge on any atom is -0.468 e. The van der Waals surface area contributed by atoms with Gasteiger partial charge in [0.05, 0.1) is 0 Å². The molecule has 2 rings (SSSR count). The Hall–Kier alpha value is -2.15.